The van der Waals surface area contributed by atoms with Gasteiger partial charge in [-0.05, 0) is 0 Å². The molecule has 1 fully saturated rings. The normalized spacial score (nSPS) is 15.9. The van der Waals surface area contributed by atoms with Gasteiger partial charge < -0.3 is 0 Å². The third-order valence-electron chi connectivity index (χ3n) is 2.02. The van der Waals surface area contributed by atoms with E-state index in [4.69, 9.17) is 0 Å². The Morgan fingerprint density at radius 1 is 1.27 bits per heavy atom. The van der Waals surface area contributed by atoms with E-state index in [0.29, 0.717) is 11.8 Å². The molecule has 1 aliphatic heterocycles. The summed E-state index contributed by atoms with van der Waals surface area (Å²) < 4.78 is 0. The van der Waals surface area contributed by atoms with Gasteiger partial charge in [0.2, 0.25) is 11.9 Å². The largest absolute Gasteiger partial charge is 0.298 e. The first-order valence-electron chi connectivity index (χ1n) is 4.30. The lowest BCUT2D eigenvalue weighted by atomic mass is 10.3. The van der Waals surface area contributed by atoms with Gasteiger partial charge in [0.05, 0.1) is 18.5 Å². The van der Waals surface area contributed by atoms with Crippen molar-refractivity contribution in [2.45, 2.75) is 6.42 Å². The molecule has 0 radical (unpaired) electrons. The SMILES string of the molecule is O=Cc1cnc(N2CC(=O)CC2=O)nc1. The Bertz CT molecular complexity index is 427. The highest BCUT2D eigenvalue weighted by atomic mass is 16.2. The highest BCUT2D eigenvalue weighted by molar-refractivity contribution is 6.14. The Morgan fingerprint density at radius 2 is 1.93 bits per heavy atom. The van der Waals surface area contributed by atoms with Crippen molar-refractivity contribution in [3.05, 3.63) is 18.0 Å². The van der Waals surface area contributed by atoms with Crippen LogP contribution >= 0.6 is 0 Å². The number of aromatic nitrogens is 2. The molecule has 1 aliphatic rings. The summed E-state index contributed by atoms with van der Waals surface area (Å²) in [6, 6.07) is 0. The molecule has 76 valence electrons. The highest BCUT2D eigenvalue weighted by Gasteiger charge is 2.30. The van der Waals surface area contributed by atoms with Gasteiger partial charge in [0.1, 0.15) is 0 Å². The quantitative estimate of drug-likeness (QED) is 0.484. The van der Waals surface area contributed by atoms with Gasteiger partial charge in [-0.15, -0.1) is 0 Å². The number of carbonyl (C=O) groups excluding carboxylic acids is 3. The van der Waals surface area contributed by atoms with Crippen LogP contribution in [0.3, 0.4) is 0 Å². The van der Waals surface area contributed by atoms with Crippen LogP contribution < -0.4 is 4.90 Å². The van der Waals surface area contributed by atoms with E-state index in [9.17, 15) is 14.4 Å². The molecule has 0 aromatic carbocycles. The maximum atomic E-state index is 11.3. The lowest BCUT2D eigenvalue weighted by Crippen LogP contribution is -2.26. The summed E-state index contributed by atoms with van der Waals surface area (Å²) in [6.45, 7) is 0.0132. The van der Waals surface area contributed by atoms with Gasteiger partial charge in [0.25, 0.3) is 0 Å². The Labute approximate surface area is 84.9 Å². The Balaban J connectivity index is 2.26. The van der Waals surface area contributed by atoms with E-state index in [2.05, 4.69) is 9.97 Å². The molecular weight excluding hydrogens is 198 g/mol. The second-order valence-electron chi connectivity index (χ2n) is 3.13. The molecule has 15 heavy (non-hydrogen) atoms. The van der Waals surface area contributed by atoms with Crippen LogP contribution in [0, 0.1) is 0 Å². The standard InChI is InChI=1S/C9H7N3O3/c13-5-6-2-10-9(11-3-6)12-4-7(14)1-8(12)15/h2-3,5H,1,4H2. The van der Waals surface area contributed by atoms with Gasteiger partial charge in [-0.25, -0.2) is 9.97 Å². The first-order valence-corrected chi connectivity index (χ1v) is 4.30. The predicted octanol–water partition coefficient (Wildman–Crippen LogP) is -0.405. The number of rotatable bonds is 2. The van der Waals surface area contributed by atoms with Crippen LogP contribution in [-0.4, -0.2) is 34.5 Å². The average Bonchev–Trinajstić information content (AvgIpc) is 2.58. The molecule has 0 spiro atoms. The first-order chi connectivity index (χ1) is 7.20. The topological polar surface area (TPSA) is 80.2 Å². The summed E-state index contributed by atoms with van der Waals surface area (Å²) in [5.74, 6) is -0.293. The number of ketones is 1. The summed E-state index contributed by atoms with van der Waals surface area (Å²) in [5.41, 5.74) is 0.330. The molecule has 1 aromatic rings. The number of anilines is 1. The van der Waals surface area contributed by atoms with Gasteiger partial charge in [-0.2, -0.15) is 0 Å². The van der Waals surface area contributed by atoms with Crippen molar-refractivity contribution in [2.75, 3.05) is 11.4 Å². The molecule has 0 bridgehead atoms. The van der Waals surface area contributed by atoms with E-state index in [1.807, 2.05) is 0 Å². The first kappa shape index (κ1) is 9.45. The molecule has 1 saturated heterocycles. The number of nitrogens with zero attached hydrogens (tertiary/aromatic N) is 3. The van der Waals surface area contributed by atoms with Crippen LogP contribution in [-0.2, 0) is 9.59 Å². The molecule has 0 N–H and O–H groups in total. The predicted molar refractivity (Wildman–Crippen MR) is 49.4 cm³/mol. The molecule has 1 aromatic heterocycles. The zero-order chi connectivity index (χ0) is 10.8. The number of hydrogen-bond acceptors (Lipinski definition) is 5. The molecule has 0 aliphatic carbocycles. The van der Waals surface area contributed by atoms with Gasteiger partial charge >= 0.3 is 0 Å². The van der Waals surface area contributed by atoms with Crippen LogP contribution in [0.5, 0.6) is 0 Å². The average molecular weight is 205 g/mol. The van der Waals surface area contributed by atoms with E-state index in [0.717, 1.165) is 0 Å². The van der Waals surface area contributed by atoms with Crippen molar-refractivity contribution >= 4 is 23.9 Å². The minimum atomic E-state index is -0.307. The van der Waals surface area contributed by atoms with E-state index in [-0.39, 0.29) is 30.6 Å². The fourth-order valence-corrected chi connectivity index (χ4v) is 1.30. The third-order valence-corrected chi connectivity index (χ3v) is 2.02. The molecule has 6 nitrogen and oxygen atoms in total. The zero-order valence-corrected chi connectivity index (χ0v) is 7.71. The van der Waals surface area contributed by atoms with Crippen LogP contribution in [0.25, 0.3) is 0 Å². The van der Waals surface area contributed by atoms with Crippen molar-refractivity contribution in [1.29, 1.82) is 0 Å². The number of Topliss-reactive ketones (excluding diaryl/α,β-unsaturated/α-hetero) is 1. The van der Waals surface area contributed by atoms with Gasteiger partial charge in [0.15, 0.2) is 12.1 Å². The molecular formula is C9H7N3O3. The van der Waals surface area contributed by atoms with Crippen LogP contribution in [0.4, 0.5) is 5.95 Å². The summed E-state index contributed by atoms with van der Waals surface area (Å²) in [7, 11) is 0. The summed E-state index contributed by atoms with van der Waals surface area (Å²) >= 11 is 0. The number of amides is 1. The lowest BCUT2D eigenvalue weighted by Gasteiger charge is -2.10. The fraction of sp³-hybridized carbons (Fsp3) is 0.222. The maximum absolute atomic E-state index is 11.3. The number of carbonyl (C=O) groups is 3. The van der Waals surface area contributed by atoms with E-state index >= 15 is 0 Å². The summed E-state index contributed by atoms with van der Waals surface area (Å²) in [5, 5.41) is 0. The van der Waals surface area contributed by atoms with E-state index in [1.54, 1.807) is 0 Å². The van der Waals surface area contributed by atoms with Crippen LogP contribution in [0.15, 0.2) is 12.4 Å². The lowest BCUT2D eigenvalue weighted by molar-refractivity contribution is -0.121. The molecule has 6 heteroatoms. The van der Waals surface area contributed by atoms with Crippen molar-refractivity contribution in [1.82, 2.24) is 9.97 Å². The smallest absolute Gasteiger partial charge is 0.237 e. The second-order valence-corrected chi connectivity index (χ2v) is 3.13. The highest BCUT2D eigenvalue weighted by Crippen LogP contribution is 2.13. The molecule has 0 atom stereocenters. The Morgan fingerprint density at radius 3 is 2.40 bits per heavy atom. The fourth-order valence-electron chi connectivity index (χ4n) is 1.30. The van der Waals surface area contributed by atoms with E-state index < -0.39 is 0 Å². The van der Waals surface area contributed by atoms with Crippen molar-refractivity contribution in [2.24, 2.45) is 0 Å². The molecule has 2 heterocycles. The van der Waals surface area contributed by atoms with Crippen molar-refractivity contribution < 1.29 is 14.4 Å². The van der Waals surface area contributed by atoms with Crippen LogP contribution in [0.1, 0.15) is 16.8 Å². The monoisotopic (exact) mass is 205 g/mol. The Hall–Kier alpha value is -2.11. The van der Waals surface area contributed by atoms with Crippen LogP contribution in [0.2, 0.25) is 0 Å². The molecule has 0 unspecified atom stereocenters. The summed E-state index contributed by atoms with van der Waals surface area (Å²) in [6.07, 6.45) is 3.14. The Kier molecular flexibility index (Phi) is 2.24. The van der Waals surface area contributed by atoms with Gasteiger partial charge in [0, 0.05) is 12.4 Å². The van der Waals surface area contributed by atoms with Crippen molar-refractivity contribution in [3.63, 3.8) is 0 Å². The molecule has 0 saturated carbocycles. The van der Waals surface area contributed by atoms with Gasteiger partial charge in [-0.3, -0.25) is 19.3 Å². The third kappa shape index (κ3) is 1.74. The number of aldehydes is 1. The maximum Gasteiger partial charge on any atom is 0.237 e. The van der Waals surface area contributed by atoms with Gasteiger partial charge in [-0.1, -0.05) is 0 Å². The minimum absolute atomic E-state index is 0.0132. The summed E-state index contributed by atoms with van der Waals surface area (Å²) in [4.78, 5) is 41.5. The zero-order valence-electron chi connectivity index (χ0n) is 7.71. The minimum Gasteiger partial charge on any atom is -0.298 e. The molecule has 2 rings (SSSR count). The van der Waals surface area contributed by atoms with Crippen molar-refractivity contribution in [3.8, 4) is 0 Å². The van der Waals surface area contributed by atoms with E-state index in [1.165, 1.54) is 17.3 Å². The number of hydrogen-bond donors (Lipinski definition) is 0. The molecule has 1 amide bonds. The second kappa shape index (κ2) is 3.56.